The maximum absolute atomic E-state index is 13.7. The Morgan fingerprint density at radius 2 is 2.11 bits per heavy atom. The first-order valence-corrected chi connectivity index (χ1v) is 6.07. The normalized spacial score (nSPS) is 12.1. The molecule has 1 aromatic rings. The summed E-state index contributed by atoms with van der Waals surface area (Å²) < 4.78 is 19.0. The summed E-state index contributed by atoms with van der Waals surface area (Å²) in [5, 5.41) is 13.6. The summed E-state index contributed by atoms with van der Waals surface area (Å²) in [4.78, 5) is 11.5. The zero-order valence-electron chi connectivity index (χ0n) is 11.2. The van der Waals surface area contributed by atoms with E-state index in [-0.39, 0.29) is 18.4 Å². The lowest BCUT2D eigenvalue weighted by atomic mass is 10.3. The minimum atomic E-state index is -0.579. The van der Waals surface area contributed by atoms with Crippen LogP contribution in [-0.4, -0.2) is 29.9 Å². The van der Waals surface area contributed by atoms with Crippen molar-refractivity contribution in [2.45, 2.75) is 32.9 Å². The predicted octanol–water partition coefficient (Wildman–Crippen LogP) is 2.12. The van der Waals surface area contributed by atoms with Gasteiger partial charge in [-0.15, -0.1) is 0 Å². The highest BCUT2D eigenvalue weighted by molar-refractivity contribution is 5.89. The van der Waals surface area contributed by atoms with Gasteiger partial charge in [-0.1, -0.05) is 0 Å². The molecule has 1 atom stereocenters. The van der Waals surface area contributed by atoms with Crippen LogP contribution in [0.2, 0.25) is 0 Å². The molecule has 0 fully saturated rings. The molecule has 106 valence electrons. The maximum atomic E-state index is 13.7. The van der Waals surface area contributed by atoms with E-state index in [2.05, 4.69) is 10.6 Å². The fourth-order valence-corrected chi connectivity index (χ4v) is 1.37. The van der Waals surface area contributed by atoms with Crippen LogP contribution >= 0.6 is 0 Å². The van der Waals surface area contributed by atoms with Gasteiger partial charge in [-0.05, 0) is 32.9 Å². The summed E-state index contributed by atoms with van der Waals surface area (Å²) in [5.74, 6) is -0.174. The number of hydrogen-bond donors (Lipinski definition) is 3. The first kappa shape index (κ1) is 15.2. The van der Waals surface area contributed by atoms with E-state index >= 15 is 0 Å². The average Bonchev–Trinajstić information content (AvgIpc) is 2.31. The Hall–Kier alpha value is -1.82. The number of aliphatic hydroxyl groups excluding tert-OH is 1. The van der Waals surface area contributed by atoms with Crippen LogP contribution in [0, 0.1) is 5.82 Å². The van der Waals surface area contributed by atoms with E-state index in [0.717, 1.165) is 0 Å². The molecule has 0 aliphatic rings. The standard InChI is InChI=1S/C13H19FN2O3/c1-8(2)19-10-4-5-12(11(14)6-10)16-13(18)15-9(3)7-17/h4-6,8-9,17H,7H2,1-3H3,(H2,15,16,18)/t9-/m0/s1. The third-order valence-corrected chi connectivity index (χ3v) is 2.21. The first-order valence-electron chi connectivity index (χ1n) is 6.07. The van der Waals surface area contributed by atoms with Gasteiger partial charge in [0.25, 0.3) is 0 Å². The van der Waals surface area contributed by atoms with E-state index in [1.807, 2.05) is 13.8 Å². The number of rotatable bonds is 5. The van der Waals surface area contributed by atoms with E-state index in [1.54, 1.807) is 13.0 Å². The number of hydrogen-bond acceptors (Lipinski definition) is 3. The Kier molecular flexibility index (Phi) is 5.57. The summed E-state index contributed by atoms with van der Waals surface area (Å²) in [6.07, 6.45) is -0.0492. The summed E-state index contributed by atoms with van der Waals surface area (Å²) in [5.41, 5.74) is 0.0544. The number of amides is 2. The van der Waals surface area contributed by atoms with E-state index in [0.29, 0.717) is 5.75 Å². The van der Waals surface area contributed by atoms with Gasteiger partial charge in [0.15, 0.2) is 0 Å². The smallest absolute Gasteiger partial charge is 0.319 e. The van der Waals surface area contributed by atoms with Crippen LogP contribution in [0.5, 0.6) is 5.75 Å². The Morgan fingerprint density at radius 3 is 2.63 bits per heavy atom. The van der Waals surface area contributed by atoms with Crippen LogP contribution in [0.25, 0.3) is 0 Å². The topological polar surface area (TPSA) is 70.6 Å². The second-order valence-electron chi connectivity index (χ2n) is 4.49. The number of benzene rings is 1. The van der Waals surface area contributed by atoms with Crippen molar-refractivity contribution in [3.8, 4) is 5.75 Å². The molecule has 0 saturated carbocycles. The molecule has 0 spiro atoms. The van der Waals surface area contributed by atoms with Gasteiger partial charge in [-0.2, -0.15) is 0 Å². The van der Waals surface area contributed by atoms with Gasteiger partial charge in [-0.25, -0.2) is 9.18 Å². The lowest BCUT2D eigenvalue weighted by Gasteiger charge is -2.14. The fourth-order valence-electron chi connectivity index (χ4n) is 1.37. The second kappa shape index (κ2) is 6.94. The molecular formula is C13H19FN2O3. The molecule has 6 heteroatoms. The molecular weight excluding hydrogens is 251 g/mol. The number of aliphatic hydroxyl groups is 1. The van der Waals surface area contributed by atoms with Crippen molar-refractivity contribution in [3.63, 3.8) is 0 Å². The minimum Gasteiger partial charge on any atom is -0.491 e. The first-order chi connectivity index (χ1) is 8.92. The maximum Gasteiger partial charge on any atom is 0.319 e. The number of urea groups is 1. The molecule has 5 nitrogen and oxygen atoms in total. The molecule has 1 aromatic carbocycles. The number of ether oxygens (including phenoxy) is 1. The summed E-state index contributed by atoms with van der Waals surface area (Å²) in [6, 6.07) is 3.25. The van der Waals surface area contributed by atoms with Crippen molar-refractivity contribution in [1.29, 1.82) is 0 Å². The quantitative estimate of drug-likeness (QED) is 0.767. The van der Waals surface area contributed by atoms with Gasteiger partial charge in [-0.3, -0.25) is 0 Å². The van der Waals surface area contributed by atoms with Gasteiger partial charge in [0, 0.05) is 6.07 Å². The Labute approximate surface area is 111 Å². The summed E-state index contributed by atoms with van der Waals surface area (Å²) in [7, 11) is 0. The molecule has 0 saturated heterocycles. The van der Waals surface area contributed by atoms with Gasteiger partial charge >= 0.3 is 6.03 Å². The largest absolute Gasteiger partial charge is 0.491 e. The molecule has 0 aliphatic carbocycles. The molecule has 19 heavy (non-hydrogen) atoms. The van der Waals surface area contributed by atoms with Gasteiger partial charge in [0.1, 0.15) is 11.6 Å². The van der Waals surface area contributed by atoms with Crippen LogP contribution in [0.3, 0.4) is 0 Å². The second-order valence-corrected chi connectivity index (χ2v) is 4.49. The Morgan fingerprint density at radius 1 is 1.42 bits per heavy atom. The predicted molar refractivity (Wildman–Crippen MR) is 70.9 cm³/mol. The zero-order chi connectivity index (χ0) is 14.4. The molecule has 0 aromatic heterocycles. The summed E-state index contributed by atoms with van der Waals surface area (Å²) >= 11 is 0. The molecule has 2 amide bonds. The lowest BCUT2D eigenvalue weighted by molar-refractivity contribution is 0.229. The van der Waals surface area contributed by atoms with Crippen LogP contribution in [0.4, 0.5) is 14.9 Å². The molecule has 0 bridgehead atoms. The van der Waals surface area contributed by atoms with Crippen molar-refractivity contribution in [1.82, 2.24) is 5.32 Å². The van der Waals surface area contributed by atoms with Gasteiger partial charge in [0.05, 0.1) is 24.4 Å². The SMILES string of the molecule is CC(C)Oc1ccc(NC(=O)N[C@@H](C)CO)c(F)c1. The van der Waals surface area contributed by atoms with Crippen LogP contribution < -0.4 is 15.4 Å². The van der Waals surface area contributed by atoms with Crippen LogP contribution in [0.15, 0.2) is 18.2 Å². The minimum absolute atomic E-state index is 0.0492. The number of halogens is 1. The third-order valence-electron chi connectivity index (χ3n) is 2.21. The highest BCUT2D eigenvalue weighted by atomic mass is 19.1. The van der Waals surface area contributed by atoms with Gasteiger partial charge in [0.2, 0.25) is 0 Å². The Balaban J connectivity index is 2.67. The van der Waals surface area contributed by atoms with E-state index < -0.39 is 17.9 Å². The molecule has 0 unspecified atom stereocenters. The molecule has 0 aliphatic heterocycles. The third kappa shape index (κ3) is 5.13. The highest BCUT2D eigenvalue weighted by Gasteiger charge is 2.10. The molecule has 1 rings (SSSR count). The van der Waals surface area contributed by atoms with E-state index in [4.69, 9.17) is 9.84 Å². The number of carbonyl (C=O) groups excluding carboxylic acids is 1. The zero-order valence-corrected chi connectivity index (χ0v) is 11.2. The molecule has 0 radical (unpaired) electrons. The monoisotopic (exact) mass is 270 g/mol. The molecule has 3 N–H and O–H groups in total. The van der Waals surface area contributed by atoms with Crippen molar-refractivity contribution < 1.29 is 19.0 Å². The molecule has 0 heterocycles. The van der Waals surface area contributed by atoms with Crippen molar-refractivity contribution >= 4 is 11.7 Å². The fraction of sp³-hybridized carbons (Fsp3) is 0.462. The number of carbonyl (C=O) groups is 1. The number of anilines is 1. The lowest BCUT2D eigenvalue weighted by Crippen LogP contribution is -2.38. The van der Waals surface area contributed by atoms with Crippen molar-refractivity contribution in [3.05, 3.63) is 24.0 Å². The average molecular weight is 270 g/mol. The van der Waals surface area contributed by atoms with Crippen molar-refractivity contribution in [2.24, 2.45) is 0 Å². The van der Waals surface area contributed by atoms with Gasteiger partial charge < -0.3 is 20.5 Å². The number of nitrogens with one attached hydrogen (secondary N) is 2. The summed E-state index contributed by atoms with van der Waals surface area (Å²) in [6.45, 7) is 5.13. The van der Waals surface area contributed by atoms with E-state index in [1.165, 1.54) is 12.1 Å². The van der Waals surface area contributed by atoms with Crippen LogP contribution in [0.1, 0.15) is 20.8 Å². The van der Waals surface area contributed by atoms with Crippen molar-refractivity contribution in [2.75, 3.05) is 11.9 Å². The van der Waals surface area contributed by atoms with Crippen LogP contribution in [-0.2, 0) is 0 Å². The van der Waals surface area contributed by atoms with E-state index in [9.17, 15) is 9.18 Å². The Bertz CT molecular complexity index is 438. The highest BCUT2D eigenvalue weighted by Crippen LogP contribution is 2.21.